The number of hydrogen-bond acceptors (Lipinski definition) is 7. The lowest BCUT2D eigenvalue weighted by atomic mass is 9.99. The van der Waals surface area contributed by atoms with Crippen molar-refractivity contribution in [3.8, 4) is 0 Å². The van der Waals surface area contributed by atoms with Crippen LogP contribution in [-0.4, -0.2) is 38.2 Å². The lowest BCUT2D eigenvalue weighted by Gasteiger charge is -2.21. The first kappa shape index (κ1) is 13.6. The first-order valence-corrected chi connectivity index (χ1v) is 7.75. The Kier molecular flexibility index (Phi) is 4.02. The molecule has 0 bridgehead atoms. The molecule has 20 heavy (non-hydrogen) atoms. The van der Waals surface area contributed by atoms with E-state index in [4.69, 9.17) is 4.63 Å². The number of nitrogens with zero attached hydrogens (tertiary/aromatic N) is 5. The van der Waals surface area contributed by atoms with E-state index in [1.165, 1.54) is 12.8 Å². The van der Waals surface area contributed by atoms with Crippen LogP contribution < -0.4 is 5.32 Å². The fourth-order valence-corrected chi connectivity index (χ4v) is 3.31. The van der Waals surface area contributed by atoms with E-state index in [0.29, 0.717) is 11.7 Å². The Morgan fingerprint density at radius 3 is 3.00 bits per heavy atom. The monoisotopic (exact) mass is 294 g/mol. The molecule has 3 heterocycles. The summed E-state index contributed by atoms with van der Waals surface area (Å²) in [6.45, 7) is 3.99. The summed E-state index contributed by atoms with van der Waals surface area (Å²) in [5.74, 6) is 2.23. The molecule has 0 saturated carbocycles. The van der Waals surface area contributed by atoms with Gasteiger partial charge in [-0.25, -0.2) is 4.63 Å². The van der Waals surface area contributed by atoms with Gasteiger partial charge < -0.3 is 9.88 Å². The summed E-state index contributed by atoms with van der Waals surface area (Å²) in [6, 6.07) is 0. The Balaban J connectivity index is 1.68. The van der Waals surface area contributed by atoms with Crippen molar-refractivity contribution in [2.75, 3.05) is 13.1 Å². The highest BCUT2D eigenvalue weighted by Crippen LogP contribution is 2.26. The molecular weight excluding hydrogens is 276 g/mol. The van der Waals surface area contributed by atoms with Crippen LogP contribution in [0.3, 0.4) is 0 Å². The van der Waals surface area contributed by atoms with E-state index in [1.54, 1.807) is 11.8 Å². The summed E-state index contributed by atoms with van der Waals surface area (Å²) >= 11 is 1.61. The minimum Gasteiger partial charge on any atom is -0.316 e. The van der Waals surface area contributed by atoms with Crippen LogP contribution in [0.1, 0.15) is 36.0 Å². The van der Waals surface area contributed by atoms with Crippen LogP contribution in [-0.2, 0) is 12.8 Å². The fraction of sp³-hybridized carbons (Fsp3) is 0.667. The summed E-state index contributed by atoms with van der Waals surface area (Å²) in [6.07, 6.45) is 2.37. The maximum atomic E-state index is 4.70. The van der Waals surface area contributed by atoms with Crippen LogP contribution in [0.5, 0.6) is 0 Å². The molecule has 0 spiro atoms. The van der Waals surface area contributed by atoms with Crippen LogP contribution in [0.4, 0.5) is 0 Å². The molecule has 2 aromatic heterocycles. The standard InChI is InChI=1S/C12H18N6OS/c1-8-10(17-19-16-8)7-20-12-15-14-11(18(12)2)9-4-3-5-13-6-9/h9,13H,3-7H2,1-2H3. The van der Waals surface area contributed by atoms with E-state index in [1.807, 2.05) is 14.0 Å². The van der Waals surface area contributed by atoms with E-state index in [0.717, 1.165) is 35.5 Å². The number of rotatable bonds is 4. The Hall–Kier alpha value is -1.41. The van der Waals surface area contributed by atoms with Gasteiger partial charge in [0.1, 0.15) is 17.2 Å². The summed E-state index contributed by atoms with van der Waals surface area (Å²) in [7, 11) is 2.03. The molecule has 108 valence electrons. The van der Waals surface area contributed by atoms with Gasteiger partial charge in [0, 0.05) is 25.3 Å². The average Bonchev–Trinajstić information content (AvgIpc) is 3.04. The lowest BCUT2D eigenvalue weighted by molar-refractivity contribution is 0.302. The first-order chi connectivity index (χ1) is 9.75. The van der Waals surface area contributed by atoms with Gasteiger partial charge in [-0.1, -0.05) is 22.1 Å². The highest BCUT2D eigenvalue weighted by atomic mass is 32.2. The molecule has 0 aromatic carbocycles. The molecule has 1 aliphatic rings. The van der Waals surface area contributed by atoms with Gasteiger partial charge in [-0.05, 0) is 26.3 Å². The Morgan fingerprint density at radius 2 is 2.30 bits per heavy atom. The smallest absolute Gasteiger partial charge is 0.191 e. The van der Waals surface area contributed by atoms with Crippen LogP contribution >= 0.6 is 11.8 Å². The Bertz CT molecular complexity index is 574. The highest BCUT2D eigenvalue weighted by Gasteiger charge is 2.22. The van der Waals surface area contributed by atoms with Crippen LogP contribution in [0.25, 0.3) is 0 Å². The summed E-state index contributed by atoms with van der Waals surface area (Å²) in [5, 5.41) is 20.6. The number of aryl methyl sites for hydroxylation is 1. The second kappa shape index (κ2) is 5.92. The zero-order valence-electron chi connectivity index (χ0n) is 11.7. The highest BCUT2D eigenvalue weighted by molar-refractivity contribution is 7.98. The predicted molar refractivity (Wildman–Crippen MR) is 74.4 cm³/mol. The van der Waals surface area contributed by atoms with Gasteiger partial charge >= 0.3 is 0 Å². The summed E-state index contributed by atoms with van der Waals surface area (Å²) in [4.78, 5) is 0. The van der Waals surface area contributed by atoms with Crippen molar-refractivity contribution in [1.82, 2.24) is 30.4 Å². The van der Waals surface area contributed by atoms with E-state index >= 15 is 0 Å². The van der Waals surface area contributed by atoms with E-state index in [2.05, 4.69) is 30.4 Å². The molecule has 1 unspecified atom stereocenters. The molecule has 1 atom stereocenters. The normalized spacial score (nSPS) is 19.4. The van der Waals surface area contributed by atoms with E-state index in [-0.39, 0.29) is 0 Å². The summed E-state index contributed by atoms with van der Waals surface area (Å²) in [5.41, 5.74) is 1.69. The van der Waals surface area contributed by atoms with Gasteiger partial charge in [-0.2, -0.15) is 0 Å². The molecule has 1 aliphatic heterocycles. The average molecular weight is 294 g/mol. The van der Waals surface area contributed by atoms with Crippen molar-refractivity contribution in [3.05, 3.63) is 17.2 Å². The van der Waals surface area contributed by atoms with Crippen molar-refractivity contribution < 1.29 is 4.63 Å². The fourth-order valence-electron chi connectivity index (χ4n) is 2.39. The second-order valence-corrected chi connectivity index (χ2v) is 5.97. The number of thioether (sulfide) groups is 1. The minimum atomic E-state index is 0.464. The molecule has 1 saturated heterocycles. The topological polar surface area (TPSA) is 81.7 Å². The van der Waals surface area contributed by atoms with Crippen molar-refractivity contribution in [1.29, 1.82) is 0 Å². The molecular formula is C12H18N6OS. The number of hydrogen-bond donors (Lipinski definition) is 1. The maximum absolute atomic E-state index is 4.70. The Labute approximate surface area is 121 Å². The number of piperidine rings is 1. The van der Waals surface area contributed by atoms with Gasteiger partial charge in [0.2, 0.25) is 0 Å². The third-order valence-electron chi connectivity index (χ3n) is 3.62. The summed E-state index contributed by atoms with van der Waals surface area (Å²) < 4.78 is 6.79. The van der Waals surface area contributed by atoms with E-state index in [9.17, 15) is 0 Å². The first-order valence-electron chi connectivity index (χ1n) is 6.76. The molecule has 8 heteroatoms. The quantitative estimate of drug-likeness (QED) is 0.850. The molecule has 0 aliphatic carbocycles. The predicted octanol–water partition coefficient (Wildman–Crippen LogP) is 1.27. The molecule has 0 amide bonds. The molecule has 1 fully saturated rings. The second-order valence-electron chi connectivity index (χ2n) is 5.03. The van der Waals surface area contributed by atoms with Crippen molar-refractivity contribution in [2.24, 2.45) is 7.05 Å². The van der Waals surface area contributed by atoms with Crippen LogP contribution in [0.15, 0.2) is 9.79 Å². The van der Waals surface area contributed by atoms with E-state index < -0.39 is 0 Å². The zero-order valence-corrected chi connectivity index (χ0v) is 12.5. The van der Waals surface area contributed by atoms with Crippen molar-refractivity contribution in [2.45, 2.75) is 36.6 Å². The largest absolute Gasteiger partial charge is 0.316 e. The van der Waals surface area contributed by atoms with Crippen molar-refractivity contribution in [3.63, 3.8) is 0 Å². The van der Waals surface area contributed by atoms with Crippen molar-refractivity contribution >= 4 is 11.8 Å². The maximum Gasteiger partial charge on any atom is 0.191 e. The lowest BCUT2D eigenvalue weighted by Crippen LogP contribution is -2.29. The number of aromatic nitrogens is 5. The molecule has 0 radical (unpaired) electrons. The van der Waals surface area contributed by atoms with Gasteiger partial charge in [0.15, 0.2) is 5.16 Å². The van der Waals surface area contributed by atoms with Gasteiger partial charge in [0.25, 0.3) is 0 Å². The number of nitrogens with one attached hydrogen (secondary N) is 1. The van der Waals surface area contributed by atoms with Gasteiger partial charge in [0.05, 0.1) is 0 Å². The molecule has 2 aromatic rings. The SMILES string of the molecule is Cc1nonc1CSc1nnc(C2CCCNC2)n1C. The molecule has 7 nitrogen and oxygen atoms in total. The third kappa shape index (κ3) is 2.71. The molecule has 1 N–H and O–H groups in total. The Morgan fingerprint density at radius 1 is 1.40 bits per heavy atom. The van der Waals surface area contributed by atoms with Crippen LogP contribution in [0, 0.1) is 6.92 Å². The zero-order chi connectivity index (χ0) is 13.9. The van der Waals surface area contributed by atoms with Crippen LogP contribution in [0.2, 0.25) is 0 Å². The van der Waals surface area contributed by atoms with Gasteiger partial charge in [-0.3, -0.25) is 0 Å². The molecule has 3 rings (SSSR count). The minimum absolute atomic E-state index is 0.464. The third-order valence-corrected chi connectivity index (χ3v) is 4.65. The van der Waals surface area contributed by atoms with Gasteiger partial charge in [-0.15, -0.1) is 10.2 Å².